The van der Waals surface area contributed by atoms with Crippen LogP contribution in [0.15, 0.2) is 0 Å². The third kappa shape index (κ3) is 2.19. The second-order valence-corrected chi connectivity index (χ2v) is 3.12. The Kier molecular flexibility index (Phi) is 2.49. The Morgan fingerprint density at radius 1 is 1.64 bits per heavy atom. The molecule has 11 heavy (non-hydrogen) atoms. The second-order valence-electron chi connectivity index (χ2n) is 3.12. The molecule has 1 amide bonds. The topological polar surface area (TPSA) is 38.3 Å². The molecule has 0 unspecified atom stereocenters. The van der Waals surface area contributed by atoms with Crippen molar-refractivity contribution in [1.82, 2.24) is 5.32 Å². The van der Waals surface area contributed by atoms with Gasteiger partial charge in [0.2, 0.25) is 5.91 Å². The van der Waals surface area contributed by atoms with Crippen molar-refractivity contribution in [3.63, 3.8) is 0 Å². The maximum Gasteiger partial charge on any atom is 0.220 e. The summed E-state index contributed by atoms with van der Waals surface area (Å²) in [6, 6.07) is 0. The summed E-state index contributed by atoms with van der Waals surface area (Å²) < 4.78 is 5.00. The first-order valence-corrected chi connectivity index (χ1v) is 4.02. The fourth-order valence-electron chi connectivity index (χ4n) is 1.12. The fourth-order valence-corrected chi connectivity index (χ4v) is 1.12. The van der Waals surface area contributed by atoms with E-state index in [-0.39, 0.29) is 11.4 Å². The Hall–Kier alpha value is -0.570. The van der Waals surface area contributed by atoms with Gasteiger partial charge in [0.15, 0.2) is 0 Å². The maximum atomic E-state index is 11.0. The van der Waals surface area contributed by atoms with Gasteiger partial charge in [0.25, 0.3) is 0 Å². The minimum Gasteiger partial charge on any atom is -0.382 e. The van der Waals surface area contributed by atoms with Gasteiger partial charge in [-0.1, -0.05) is 6.92 Å². The Labute approximate surface area is 67.1 Å². The molecule has 0 saturated heterocycles. The second kappa shape index (κ2) is 3.22. The smallest absolute Gasteiger partial charge is 0.220 e. The normalized spacial score (nSPS) is 19.5. The summed E-state index contributed by atoms with van der Waals surface area (Å²) in [5, 5.41) is 2.95. The average Bonchev–Trinajstić information content (AvgIpc) is 2.70. The number of methoxy groups -OCH3 is 1. The third-order valence-corrected chi connectivity index (χ3v) is 2.00. The van der Waals surface area contributed by atoms with Crippen LogP contribution in [0.5, 0.6) is 0 Å². The first kappa shape index (κ1) is 8.53. The predicted octanol–water partition coefficient (Wildman–Crippen LogP) is 0.692. The Morgan fingerprint density at radius 2 is 2.27 bits per heavy atom. The molecule has 0 atom stereocenters. The minimum absolute atomic E-state index is 0.00183. The Morgan fingerprint density at radius 3 is 2.64 bits per heavy atom. The average molecular weight is 157 g/mol. The fraction of sp³-hybridized carbons (Fsp3) is 0.875. The van der Waals surface area contributed by atoms with Gasteiger partial charge in [-0.25, -0.2) is 0 Å². The van der Waals surface area contributed by atoms with Crippen molar-refractivity contribution < 1.29 is 9.53 Å². The number of carbonyl (C=O) groups excluding carboxylic acids is 1. The molecule has 3 nitrogen and oxygen atoms in total. The molecule has 1 rings (SSSR count). The van der Waals surface area contributed by atoms with Crippen LogP contribution >= 0.6 is 0 Å². The molecule has 1 saturated carbocycles. The summed E-state index contributed by atoms with van der Waals surface area (Å²) in [5.74, 6) is 0.125. The van der Waals surface area contributed by atoms with E-state index in [1.807, 2.05) is 6.92 Å². The van der Waals surface area contributed by atoms with E-state index in [4.69, 9.17) is 4.74 Å². The number of rotatable bonds is 4. The number of carbonyl (C=O) groups is 1. The van der Waals surface area contributed by atoms with Gasteiger partial charge < -0.3 is 10.1 Å². The molecule has 1 N–H and O–H groups in total. The maximum absolute atomic E-state index is 11.0. The summed E-state index contributed by atoms with van der Waals surface area (Å²) in [5.41, 5.74) is 0.00183. The van der Waals surface area contributed by atoms with Crippen LogP contribution in [-0.4, -0.2) is 25.2 Å². The van der Waals surface area contributed by atoms with Gasteiger partial charge in [-0.3, -0.25) is 4.79 Å². The van der Waals surface area contributed by atoms with E-state index in [0.29, 0.717) is 13.0 Å². The van der Waals surface area contributed by atoms with Crippen molar-refractivity contribution in [3.8, 4) is 0 Å². The molecule has 0 aromatic carbocycles. The highest BCUT2D eigenvalue weighted by Crippen LogP contribution is 2.35. The number of nitrogens with one attached hydrogen (secondary N) is 1. The number of hydrogen-bond acceptors (Lipinski definition) is 2. The highest BCUT2D eigenvalue weighted by Gasteiger charge is 2.43. The van der Waals surface area contributed by atoms with Crippen LogP contribution in [0.2, 0.25) is 0 Å². The predicted molar refractivity (Wildman–Crippen MR) is 42.3 cm³/mol. The van der Waals surface area contributed by atoms with Gasteiger partial charge in [0.05, 0.1) is 12.1 Å². The summed E-state index contributed by atoms with van der Waals surface area (Å²) >= 11 is 0. The molecule has 0 aromatic rings. The molecule has 0 heterocycles. The summed E-state index contributed by atoms with van der Waals surface area (Å²) in [6.07, 6.45) is 2.69. The van der Waals surface area contributed by atoms with Crippen LogP contribution in [0.1, 0.15) is 26.2 Å². The molecule has 1 aliphatic rings. The molecule has 3 heteroatoms. The molecular weight excluding hydrogens is 142 g/mol. The molecule has 64 valence electrons. The van der Waals surface area contributed by atoms with Gasteiger partial charge in [-0.2, -0.15) is 0 Å². The first-order valence-electron chi connectivity index (χ1n) is 4.02. The molecular formula is C8H15NO2. The highest BCUT2D eigenvalue weighted by molar-refractivity contribution is 5.76. The van der Waals surface area contributed by atoms with E-state index in [1.165, 1.54) is 0 Å². The van der Waals surface area contributed by atoms with E-state index < -0.39 is 0 Å². The van der Waals surface area contributed by atoms with Gasteiger partial charge in [-0.15, -0.1) is 0 Å². The van der Waals surface area contributed by atoms with Gasteiger partial charge >= 0.3 is 0 Å². The molecule has 0 bridgehead atoms. The molecule has 1 fully saturated rings. The van der Waals surface area contributed by atoms with Crippen LogP contribution in [0.3, 0.4) is 0 Å². The van der Waals surface area contributed by atoms with Crippen molar-refractivity contribution >= 4 is 5.91 Å². The Balaban J connectivity index is 2.29. The lowest BCUT2D eigenvalue weighted by Crippen LogP contribution is -2.39. The number of ether oxygens (including phenoxy) is 1. The molecule has 0 aliphatic heterocycles. The van der Waals surface area contributed by atoms with Crippen molar-refractivity contribution in [3.05, 3.63) is 0 Å². The molecule has 0 aromatic heterocycles. The van der Waals surface area contributed by atoms with Crippen molar-refractivity contribution in [2.45, 2.75) is 31.7 Å². The summed E-state index contributed by atoms with van der Waals surface area (Å²) in [6.45, 7) is 2.51. The SMILES string of the molecule is CCC(=O)NC1(COC)CC1. The van der Waals surface area contributed by atoms with Gasteiger partial charge in [0, 0.05) is 13.5 Å². The van der Waals surface area contributed by atoms with Crippen LogP contribution in [-0.2, 0) is 9.53 Å². The van der Waals surface area contributed by atoms with Crippen molar-refractivity contribution in [2.24, 2.45) is 0 Å². The number of hydrogen-bond donors (Lipinski definition) is 1. The lowest BCUT2D eigenvalue weighted by molar-refractivity contribution is -0.122. The van der Waals surface area contributed by atoms with Crippen LogP contribution in [0.25, 0.3) is 0 Å². The largest absolute Gasteiger partial charge is 0.382 e. The van der Waals surface area contributed by atoms with Gasteiger partial charge in [0.1, 0.15) is 0 Å². The highest BCUT2D eigenvalue weighted by atomic mass is 16.5. The van der Waals surface area contributed by atoms with Crippen LogP contribution in [0.4, 0.5) is 0 Å². The zero-order valence-corrected chi connectivity index (χ0v) is 7.14. The Bertz CT molecular complexity index is 152. The zero-order valence-electron chi connectivity index (χ0n) is 7.14. The monoisotopic (exact) mass is 157 g/mol. The van der Waals surface area contributed by atoms with Gasteiger partial charge in [-0.05, 0) is 12.8 Å². The van der Waals surface area contributed by atoms with Crippen LogP contribution < -0.4 is 5.32 Å². The minimum atomic E-state index is 0.00183. The van der Waals surface area contributed by atoms with E-state index in [1.54, 1.807) is 7.11 Å². The lowest BCUT2D eigenvalue weighted by atomic mass is 10.3. The zero-order chi connectivity index (χ0) is 8.32. The van der Waals surface area contributed by atoms with E-state index in [9.17, 15) is 4.79 Å². The molecule has 0 spiro atoms. The van der Waals surface area contributed by atoms with E-state index >= 15 is 0 Å². The van der Waals surface area contributed by atoms with Crippen molar-refractivity contribution in [1.29, 1.82) is 0 Å². The molecule has 1 aliphatic carbocycles. The quantitative estimate of drug-likeness (QED) is 0.652. The lowest BCUT2D eigenvalue weighted by Gasteiger charge is -2.15. The van der Waals surface area contributed by atoms with Crippen LogP contribution in [0, 0.1) is 0 Å². The van der Waals surface area contributed by atoms with Crippen molar-refractivity contribution in [2.75, 3.05) is 13.7 Å². The molecule has 0 radical (unpaired) electrons. The first-order chi connectivity index (χ1) is 5.22. The third-order valence-electron chi connectivity index (χ3n) is 2.00. The van der Waals surface area contributed by atoms with E-state index in [2.05, 4.69) is 5.32 Å². The van der Waals surface area contributed by atoms with E-state index in [0.717, 1.165) is 12.8 Å². The standard InChI is InChI=1S/C8H15NO2/c1-3-7(10)9-8(4-5-8)6-11-2/h3-6H2,1-2H3,(H,9,10). The summed E-state index contributed by atoms with van der Waals surface area (Å²) in [7, 11) is 1.66. The summed E-state index contributed by atoms with van der Waals surface area (Å²) in [4.78, 5) is 11.0. The number of amides is 1.